The van der Waals surface area contributed by atoms with E-state index in [0.29, 0.717) is 17.2 Å². The predicted octanol–water partition coefficient (Wildman–Crippen LogP) is 2.85. The lowest BCUT2D eigenvalue weighted by Crippen LogP contribution is -2.64. The van der Waals surface area contributed by atoms with E-state index in [1.165, 1.54) is 13.4 Å². The lowest BCUT2D eigenvalue weighted by molar-refractivity contribution is -0.133. The van der Waals surface area contributed by atoms with E-state index in [-0.39, 0.29) is 42.3 Å². The Morgan fingerprint density at radius 3 is 2.43 bits per heavy atom. The normalized spacial score (nSPS) is 18.7. The van der Waals surface area contributed by atoms with E-state index >= 15 is 0 Å². The van der Waals surface area contributed by atoms with Crippen LogP contribution in [0.15, 0.2) is 54.9 Å². The van der Waals surface area contributed by atoms with Gasteiger partial charge in [0.25, 0.3) is 11.8 Å². The number of amides is 3. The highest BCUT2D eigenvalue weighted by molar-refractivity contribution is 6.12. The highest BCUT2D eigenvalue weighted by Gasteiger charge is 2.53. The molecule has 0 unspecified atom stereocenters. The Labute approximate surface area is 214 Å². The lowest BCUT2D eigenvalue weighted by Gasteiger charge is -2.44. The Balaban J connectivity index is 1.41. The summed E-state index contributed by atoms with van der Waals surface area (Å²) in [5.74, 6) is -0.0144. The van der Waals surface area contributed by atoms with E-state index < -0.39 is 11.4 Å². The lowest BCUT2D eigenvalue weighted by atomic mass is 9.93. The first kappa shape index (κ1) is 24.4. The molecular formula is C27H29N5O5. The van der Waals surface area contributed by atoms with Crippen molar-refractivity contribution in [1.82, 2.24) is 19.8 Å². The first-order chi connectivity index (χ1) is 17.9. The molecule has 1 aromatic heterocycles. The van der Waals surface area contributed by atoms with Crippen molar-refractivity contribution in [3.05, 3.63) is 71.8 Å². The van der Waals surface area contributed by atoms with Gasteiger partial charge in [-0.2, -0.15) is 0 Å². The molecule has 37 heavy (non-hydrogen) atoms. The zero-order valence-electron chi connectivity index (χ0n) is 21.0. The number of ether oxygens (including phenoxy) is 2. The monoisotopic (exact) mass is 503 g/mol. The largest absolute Gasteiger partial charge is 0.496 e. The van der Waals surface area contributed by atoms with Gasteiger partial charge in [-0.3, -0.25) is 14.4 Å². The van der Waals surface area contributed by atoms with Crippen LogP contribution in [0.4, 0.5) is 5.69 Å². The maximum atomic E-state index is 13.8. The second-order valence-electron chi connectivity index (χ2n) is 9.40. The van der Waals surface area contributed by atoms with Crippen LogP contribution in [0.3, 0.4) is 0 Å². The molecule has 3 amide bonds. The van der Waals surface area contributed by atoms with Crippen LogP contribution in [0.2, 0.25) is 0 Å². The number of benzene rings is 2. The third-order valence-electron chi connectivity index (χ3n) is 6.87. The molecule has 2 heterocycles. The Hall–Kier alpha value is -4.34. The van der Waals surface area contributed by atoms with Crippen molar-refractivity contribution in [3.8, 4) is 11.5 Å². The van der Waals surface area contributed by atoms with Gasteiger partial charge in [-0.15, -0.1) is 0 Å². The zero-order chi connectivity index (χ0) is 26.2. The molecule has 10 heteroatoms. The molecule has 0 saturated heterocycles. The second-order valence-corrected chi connectivity index (χ2v) is 9.40. The topological polar surface area (TPSA) is 115 Å². The third kappa shape index (κ3) is 4.39. The molecule has 0 spiro atoms. The Kier molecular flexibility index (Phi) is 6.32. The molecule has 2 N–H and O–H groups in total. The summed E-state index contributed by atoms with van der Waals surface area (Å²) < 4.78 is 12.3. The van der Waals surface area contributed by atoms with Crippen molar-refractivity contribution < 1.29 is 23.9 Å². The van der Waals surface area contributed by atoms with Gasteiger partial charge in [0, 0.05) is 18.2 Å². The Morgan fingerprint density at radius 1 is 1.05 bits per heavy atom. The molecule has 3 aromatic rings. The molecule has 0 bridgehead atoms. The number of fused-ring (bicyclic) bond motifs is 1. The van der Waals surface area contributed by atoms with Crippen molar-refractivity contribution in [2.45, 2.75) is 44.4 Å². The summed E-state index contributed by atoms with van der Waals surface area (Å²) in [6, 6.07) is 14.4. The van der Waals surface area contributed by atoms with Crippen LogP contribution in [-0.2, 0) is 17.9 Å². The third-order valence-corrected chi connectivity index (χ3v) is 6.87. The smallest absolute Gasteiger partial charge is 0.276 e. The van der Waals surface area contributed by atoms with Crippen molar-refractivity contribution in [2.24, 2.45) is 0 Å². The van der Waals surface area contributed by atoms with E-state index in [9.17, 15) is 14.4 Å². The number of carbonyl (C=O) groups excluding carboxylic acids is 3. The first-order valence-electron chi connectivity index (χ1n) is 12.1. The maximum absolute atomic E-state index is 13.8. The fraction of sp³-hybridized carbons (Fsp3) is 0.333. The highest BCUT2D eigenvalue weighted by atomic mass is 16.5. The predicted molar refractivity (Wildman–Crippen MR) is 136 cm³/mol. The van der Waals surface area contributed by atoms with E-state index in [1.54, 1.807) is 47.8 Å². The summed E-state index contributed by atoms with van der Waals surface area (Å²) in [5, 5.41) is 5.77. The molecular weight excluding hydrogens is 474 g/mol. The fourth-order valence-corrected chi connectivity index (χ4v) is 4.87. The number of anilines is 1. The standard InChI is InChI=1S/C27H29N5O5/c1-27(26(35)28-14-17-8-4-6-10-20(17)36-2)15-31-16-29-22(23(31)25(34)32(27)18-12-13-18)24(33)30-19-9-5-7-11-21(19)37-3/h4-11,16,18H,12-15H2,1-3H3,(H,28,35)(H,30,33)/t27-/m1/s1. The van der Waals surface area contributed by atoms with Gasteiger partial charge in [-0.05, 0) is 38.0 Å². The van der Waals surface area contributed by atoms with Crippen LogP contribution < -0.4 is 20.1 Å². The van der Waals surface area contributed by atoms with E-state index in [0.717, 1.165) is 18.4 Å². The number of rotatable bonds is 8. The Bertz CT molecular complexity index is 1360. The van der Waals surface area contributed by atoms with Gasteiger partial charge in [-0.1, -0.05) is 30.3 Å². The molecule has 1 fully saturated rings. The molecule has 1 atom stereocenters. The number of nitrogens with zero attached hydrogens (tertiary/aromatic N) is 3. The number of para-hydroxylation sites is 3. The highest BCUT2D eigenvalue weighted by Crippen LogP contribution is 2.39. The SMILES string of the molecule is COc1ccccc1CNC(=O)[C@@]1(C)Cn2cnc(C(=O)Nc3ccccc3OC)c2C(=O)N1C1CC1. The average molecular weight is 504 g/mol. The number of hydrogen-bond acceptors (Lipinski definition) is 6. The van der Waals surface area contributed by atoms with Crippen LogP contribution in [-0.4, -0.2) is 58.0 Å². The molecule has 2 aromatic carbocycles. The Morgan fingerprint density at radius 2 is 1.73 bits per heavy atom. The van der Waals surface area contributed by atoms with Crippen molar-refractivity contribution in [1.29, 1.82) is 0 Å². The summed E-state index contributed by atoms with van der Waals surface area (Å²) in [6.07, 6.45) is 3.05. The quantitative estimate of drug-likeness (QED) is 0.489. The number of methoxy groups -OCH3 is 2. The number of aromatic nitrogens is 2. The van der Waals surface area contributed by atoms with Crippen molar-refractivity contribution >= 4 is 23.4 Å². The minimum Gasteiger partial charge on any atom is -0.496 e. The molecule has 1 saturated carbocycles. The molecule has 1 aliphatic carbocycles. The number of hydrogen-bond donors (Lipinski definition) is 2. The van der Waals surface area contributed by atoms with Gasteiger partial charge in [0.2, 0.25) is 5.91 Å². The van der Waals surface area contributed by atoms with Crippen LogP contribution in [0, 0.1) is 0 Å². The molecule has 1 aliphatic heterocycles. The van der Waals surface area contributed by atoms with Gasteiger partial charge in [0.1, 0.15) is 22.7 Å². The minimum absolute atomic E-state index is 0.0121. The van der Waals surface area contributed by atoms with Gasteiger partial charge < -0.3 is 29.6 Å². The van der Waals surface area contributed by atoms with Gasteiger partial charge in [-0.25, -0.2) is 4.98 Å². The maximum Gasteiger partial charge on any atom is 0.276 e. The van der Waals surface area contributed by atoms with Crippen molar-refractivity contribution in [3.63, 3.8) is 0 Å². The van der Waals surface area contributed by atoms with E-state index in [1.807, 2.05) is 24.3 Å². The minimum atomic E-state index is -1.15. The number of imidazole rings is 1. The summed E-state index contributed by atoms with van der Waals surface area (Å²) in [7, 11) is 3.10. The number of carbonyl (C=O) groups is 3. The van der Waals surface area contributed by atoms with Crippen LogP contribution in [0.5, 0.6) is 11.5 Å². The fourth-order valence-electron chi connectivity index (χ4n) is 4.87. The first-order valence-corrected chi connectivity index (χ1v) is 12.1. The van der Waals surface area contributed by atoms with E-state index in [2.05, 4.69) is 15.6 Å². The zero-order valence-corrected chi connectivity index (χ0v) is 21.0. The van der Waals surface area contributed by atoms with Crippen LogP contribution in [0.25, 0.3) is 0 Å². The second kappa shape index (κ2) is 9.61. The molecule has 2 aliphatic rings. The summed E-state index contributed by atoms with van der Waals surface area (Å²) in [6.45, 7) is 2.20. The summed E-state index contributed by atoms with van der Waals surface area (Å²) >= 11 is 0. The molecule has 192 valence electrons. The van der Waals surface area contributed by atoms with Gasteiger partial charge in [0.05, 0.1) is 32.8 Å². The summed E-state index contributed by atoms with van der Waals surface area (Å²) in [5.41, 5.74) is 0.345. The van der Waals surface area contributed by atoms with Crippen molar-refractivity contribution in [2.75, 3.05) is 19.5 Å². The van der Waals surface area contributed by atoms with Gasteiger partial charge >= 0.3 is 0 Å². The van der Waals surface area contributed by atoms with E-state index in [4.69, 9.17) is 9.47 Å². The summed E-state index contributed by atoms with van der Waals surface area (Å²) in [4.78, 5) is 46.4. The van der Waals surface area contributed by atoms with Crippen LogP contribution >= 0.6 is 0 Å². The molecule has 10 nitrogen and oxygen atoms in total. The van der Waals surface area contributed by atoms with Gasteiger partial charge in [0.15, 0.2) is 5.69 Å². The molecule has 0 radical (unpaired) electrons. The molecule has 5 rings (SSSR count). The number of nitrogens with one attached hydrogen (secondary N) is 2. The average Bonchev–Trinajstić information content (AvgIpc) is 3.64. The van der Waals surface area contributed by atoms with Crippen LogP contribution in [0.1, 0.15) is 46.3 Å².